The Bertz CT molecular complexity index is 806. The van der Waals surface area contributed by atoms with Crippen LogP contribution in [0.2, 0.25) is 0 Å². The number of nitriles is 1. The van der Waals surface area contributed by atoms with Crippen LogP contribution in [0, 0.1) is 24.1 Å². The van der Waals surface area contributed by atoms with Crippen molar-refractivity contribution in [3.63, 3.8) is 0 Å². The molecule has 6 nitrogen and oxygen atoms in total. The first kappa shape index (κ1) is 17.0. The summed E-state index contributed by atoms with van der Waals surface area (Å²) in [4.78, 5) is 15.3. The molecule has 0 N–H and O–H groups in total. The molecule has 1 aliphatic rings. The highest BCUT2D eigenvalue weighted by Gasteiger charge is 2.21. The van der Waals surface area contributed by atoms with Gasteiger partial charge in [-0.25, -0.2) is 9.37 Å². The minimum Gasteiger partial charge on any atom is -0.367 e. The van der Waals surface area contributed by atoms with Gasteiger partial charge in [0.2, 0.25) is 5.95 Å². The van der Waals surface area contributed by atoms with E-state index < -0.39 is 0 Å². The summed E-state index contributed by atoms with van der Waals surface area (Å²) in [5.41, 5.74) is 2.10. The summed E-state index contributed by atoms with van der Waals surface area (Å²) in [6.45, 7) is 5.03. The number of hydrogen-bond donors (Lipinski definition) is 0. The second-order valence-electron chi connectivity index (χ2n) is 6.31. The Kier molecular flexibility index (Phi) is 4.70. The second-order valence-corrected chi connectivity index (χ2v) is 6.31. The van der Waals surface area contributed by atoms with Crippen LogP contribution in [0.4, 0.5) is 21.8 Å². The van der Waals surface area contributed by atoms with Crippen molar-refractivity contribution >= 4 is 17.5 Å². The lowest BCUT2D eigenvalue weighted by atomic mass is 10.1. The number of nitrogens with zero attached hydrogens (tertiary/aromatic N) is 6. The monoisotopic (exact) mass is 340 g/mol. The van der Waals surface area contributed by atoms with Gasteiger partial charge in [-0.15, -0.1) is 0 Å². The number of halogens is 1. The van der Waals surface area contributed by atoms with Gasteiger partial charge in [-0.3, -0.25) is 0 Å². The number of piperazine rings is 1. The van der Waals surface area contributed by atoms with Crippen LogP contribution in [-0.4, -0.2) is 50.2 Å². The van der Waals surface area contributed by atoms with Crippen LogP contribution in [0.15, 0.2) is 24.3 Å². The van der Waals surface area contributed by atoms with Gasteiger partial charge in [0, 0.05) is 52.0 Å². The van der Waals surface area contributed by atoms with Crippen molar-refractivity contribution in [3.05, 3.63) is 41.3 Å². The molecule has 1 fully saturated rings. The Morgan fingerprint density at radius 1 is 1.08 bits per heavy atom. The first-order valence-electron chi connectivity index (χ1n) is 8.20. The molecule has 7 heteroatoms. The van der Waals surface area contributed by atoms with Crippen LogP contribution in [-0.2, 0) is 0 Å². The molecule has 0 unspecified atom stereocenters. The van der Waals surface area contributed by atoms with Gasteiger partial charge in [0.15, 0.2) is 0 Å². The van der Waals surface area contributed by atoms with E-state index in [0.29, 0.717) is 11.5 Å². The fourth-order valence-electron chi connectivity index (χ4n) is 2.95. The molecule has 3 rings (SSSR count). The molecule has 0 saturated carbocycles. The molecule has 2 heterocycles. The SMILES string of the molecule is Cc1cc(N2CCN(c3ccc(F)cc3C#N)CC2)nc(N(C)C)n1. The molecule has 2 aromatic rings. The highest BCUT2D eigenvalue weighted by atomic mass is 19.1. The number of rotatable bonds is 3. The summed E-state index contributed by atoms with van der Waals surface area (Å²) < 4.78 is 13.3. The fourth-order valence-corrected chi connectivity index (χ4v) is 2.95. The number of aromatic nitrogens is 2. The van der Waals surface area contributed by atoms with Crippen LogP contribution in [0.25, 0.3) is 0 Å². The molecule has 130 valence electrons. The van der Waals surface area contributed by atoms with Crippen molar-refractivity contribution in [3.8, 4) is 6.07 Å². The summed E-state index contributed by atoms with van der Waals surface area (Å²) in [7, 11) is 3.85. The Morgan fingerprint density at radius 3 is 2.40 bits per heavy atom. The molecule has 0 spiro atoms. The predicted octanol–water partition coefficient (Wildman–Crippen LogP) is 2.19. The molecule has 0 bridgehead atoms. The second kappa shape index (κ2) is 6.93. The Labute approximate surface area is 147 Å². The average Bonchev–Trinajstić information content (AvgIpc) is 2.61. The van der Waals surface area contributed by atoms with E-state index in [2.05, 4.69) is 25.8 Å². The van der Waals surface area contributed by atoms with Crippen molar-refractivity contribution < 1.29 is 4.39 Å². The number of aryl methyl sites for hydroxylation is 1. The topological polar surface area (TPSA) is 59.3 Å². The predicted molar refractivity (Wildman–Crippen MR) is 96.6 cm³/mol. The summed E-state index contributed by atoms with van der Waals surface area (Å²) in [5, 5.41) is 9.24. The van der Waals surface area contributed by atoms with Crippen LogP contribution >= 0.6 is 0 Å². The van der Waals surface area contributed by atoms with Crippen molar-refractivity contribution in [2.45, 2.75) is 6.92 Å². The largest absolute Gasteiger partial charge is 0.367 e. The van der Waals surface area contributed by atoms with Gasteiger partial charge in [0.05, 0.1) is 11.3 Å². The Morgan fingerprint density at radius 2 is 1.76 bits per heavy atom. The van der Waals surface area contributed by atoms with Crippen molar-refractivity contribution in [2.24, 2.45) is 0 Å². The number of hydrogen-bond acceptors (Lipinski definition) is 6. The maximum Gasteiger partial charge on any atom is 0.226 e. The minimum atomic E-state index is -0.383. The molecule has 1 aromatic carbocycles. The van der Waals surface area contributed by atoms with Gasteiger partial charge in [-0.1, -0.05) is 0 Å². The lowest BCUT2D eigenvalue weighted by molar-refractivity contribution is 0.623. The third kappa shape index (κ3) is 3.63. The molecule has 0 aliphatic carbocycles. The molecular weight excluding hydrogens is 319 g/mol. The normalized spacial score (nSPS) is 14.4. The Hall–Kier alpha value is -2.88. The molecule has 1 saturated heterocycles. The average molecular weight is 340 g/mol. The lowest BCUT2D eigenvalue weighted by Crippen LogP contribution is -2.47. The molecule has 25 heavy (non-hydrogen) atoms. The maximum absolute atomic E-state index is 13.3. The third-order valence-corrected chi connectivity index (χ3v) is 4.25. The molecule has 0 radical (unpaired) electrons. The first-order chi connectivity index (χ1) is 12.0. The van der Waals surface area contributed by atoms with E-state index in [1.165, 1.54) is 12.1 Å². The van der Waals surface area contributed by atoms with E-state index in [9.17, 15) is 9.65 Å². The molecule has 1 aliphatic heterocycles. The zero-order chi connectivity index (χ0) is 18.0. The lowest BCUT2D eigenvalue weighted by Gasteiger charge is -2.37. The highest BCUT2D eigenvalue weighted by Crippen LogP contribution is 2.24. The number of benzene rings is 1. The van der Waals surface area contributed by atoms with Crippen LogP contribution in [0.5, 0.6) is 0 Å². The molecule has 0 atom stereocenters. The highest BCUT2D eigenvalue weighted by molar-refractivity contribution is 5.60. The third-order valence-electron chi connectivity index (χ3n) is 4.25. The van der Waals surface area contributed by atoms with E-state index in [-0.39, 0.29) is 5.82 Å². The van der Waals surface area contributed by atoms with Crippen LogP contribution < -0.4 is 14.7 Å². The fraction of sp³-hybridized carbons (Fsp3) is 0.389. The summed E-state index contributed by atoms with van der Waals surface area (Å²) >= 11 is 0. The van der Waals surface area contributed by atoms with Gasteiger partial charge < -0.3 is 14.7 Å². The summed E-state index contributed by atoms with van der Waals surface area (Å²) in [5.74, 6) is 1.23. The minimum absolute atomic E-state index is 0.376. The quantitative estimate of drug-likeness (QED) is 0.854. The Balaban J connectivity index is 1.76. The van der Waals surface area contributed by atoms with Gasteiger partial charge in [0.25, 0.3) is 0 Å². The van der Waals surface area contributed by atoms with E-state index in [4.69, 9.17) is 0 Å². The van der Waals surface area contributed by atoms with E-state index >= 15 is 0 Å². The smallest absolute Gasteiger partial charge is 0.226 e. The van der Waals surface area contributed by atoms with Gasteiger partial charge in [0.1, 0.15) is 17.7 Å². The first-order valence-corrected chi connectivity index (χ1v) is 8.20. The van der Waals surface area contributed by atoms with Gasteiger partial charge >= 0.3 is 0 Å². The van der Waals surface area contributed by atoms with Gasteiger partial charge in [-0.05, 0) is 25.1 Å². The van der Waals surface area contributed by atoms with Crippen molar-refractivity contribution in [1.82, 2.24) is 9.97 Å². The summed E-state index contributed by atoms with van der Waals surface area (Å²) in [6, 6.07) is 8.45. The standard InChI is InChI=1S/C18H21FN6/c1-13-10-17(22-18(21-13)23(2)3)25-8-6-24(7-9-25)16-5-4-15(19)11-14(16)12-20/h4-5,10-11H,6-9H2,1-3H3. The molecule has 1 aromatic heterocycles. The maximum atomic E-state index is 13.3. The van der Waals surface area contributed by atoms with E-state index in [0.717, 1.165) is 43.4 Å². The van der Waals surface area contributed by atoms with E-state index in [1.807, 2.05) is 32.0 Å². The van der Waals surface area contributed by atoms with Crippen LogP contribution in [0.1, 0.15) is 11.3 Å². The van der Waals surface area contributed by atoms with Crippen molar-refractivity contribution in [1.29, 1.82) is 5.26 Å². The van der Waals surface area contributed by atoms with Crippen LogP contribution in [0.3, 0.4) is 0 Å². The van der Waals surface area contributed by atoms with Crippen molar-refractivity contribution in [2.75, 3.05) is 55.0 Å². The molecular formula is C18H21FN6. The zero-order valence-corrected chi connectivity index (χ0v) is 14.7. The molecule has 0 amide bonds. The number of anilines is 3. The van der Waals surface area contributed by atoms with E-state index in [1.54, 1.807) is 6.07 Å². The zero-order valence-electron chi connectivity index (χ0n) is 14.7. The van der Waals surface area contributed by atoms with Gasteiger partial charge in [-0.2, -0.15) is 10.2 Å². The summed E-state index contributed by atoms with van der Waals surface area (Å²) in [6.07, 6.45) is 0.